The van der Waals surface area contributed by atoms with E-state index in [-0.39, 0.29) is 11.9 Å². The van der Waals surface area contributed by atoms with Gasteiger partial charge >= 0.3 is 0 Å². The van der Waals surface area contributed by atoms with Crippen LogP contribution in [0.2, 0.25) is 10.0 Å². The van der Waals surface area contributed by atoms with Crippen LogP contribution in [0, 0.1) is 5.82 Å². The molecule has 0 aliphatic carbocycles. The summed E-state index contributed by atoms with van der Waals surface area (Å²) >= 11 is 12.0. The van der Waals surface area contributed by atoms with Gasteiger partial charge in [0.1, 0.15) is 5.82 Å². The summed E-state index contributed by atoms with van der Waals surface area (Å²) in [7, 11) is 0. The highest BCUT2D eigenvalue weighted by molar-refractivity contribution is 6.42. The first-order chi connectivity index (χ1) is 8.65. The highest BCUT2D eigenvalue weighted by Crippen LogP contribution is 2.39. The van der Waals surface area contributed by atoms with Crippen LogP contribution in [0.25, 0.3) is 0 Å². The molecule has 0 fully saturated rings. The van der Waals surface area contributed by atoms with E-state index in [1.165, 1.54) is 6.07 Å². The van der Waals surface area contributed by atoms with Crippen molar-refractivity contribution in [3.8, 4) is 0 Å². The maximum atomic E-state index is 13.7. The first-order valence-corrected chi connectivity index (χ1v) is 6.39. The molecule has 1 heterocycles. The minimum Gasteiger partial charge on any atom is -0.378 e. The molecule has 1 nitrogen and oxygen atoms in total. The minimum atomic E-state index is -0.194. The first-order valence-electron chi connectivity index (χ1n) is 5.64. The number of hydrogen-bond donors (Lipinski definition) is 1. The molecule has 1 aliphatic rings. The van der Waals surface area contributed by atoms with Crippen LogP contribution < -0.4 is 5.32 Å². The second-order valence-corrected chi connectivity index (χ2v) is 5.16. The number of nitrogens with one attached hydrogen (secondary N) is 1. The Bertz CT molecular complexity index is 582. The smallest absolute Gasteiger partial charge is 0.128 e. The van der Waals surface area contributed by atoms with Crippen molar-refractivity contribution in [3.63, 3.8) is 0 Å². The summed E-state index contributed by atoms with van der Waals surface area (Å²) in [4.78, 5) is 0. The molecule has 1 N–H and O–H groups in total. The van der Waals surface area contributed by atoms with Gasteiger partial charge in [-0.05, 0) is 30.2 Å². The lowest BCUT2D eigenvalue weighted by Crippen LogP contribution is -2.07. The summed E-state index contributed by atoms with van der Waals surface area (Å²) in [5.41, 5.74) is 2.66. The lowest BCUT2D eigenvalue weighted by atomic mass is 10.0. The van der Waals surface area contributed by atoms with Gasteiger partial charge in [-0.25, -0.2) is 4.39 Å². The van der Waals surface area contributed by atoms with Crippen molar-refractivity contribution in [1.82, 2.24) is 0 Å². The van der Waals surface area contributed by atoms with Gasteiger partial charge in [-0.2, -0.15) is 0 Å². The second kappa shape index (κ2) is 4.45. The normalized spacial score (nSPS) is 17.4. The number of halogens is 3. The van der Waals surface area contributed by atoms with Crippen molar-refractivity contribution in [2.75, 3.05) is 5.32 Å². The maximum Gasteiger partial charge on any atom is 0.128 e. The molecule has 0 radical (unpaired) electrons. The molecule has 1 unspecified atom stereocenters. The van der Waals surface area contributed by atoms with Crippen LogP contribution in [-0.2, 0) is 6.42 Å². The van der Waals surface area contributed by atoms with E-state index in [9.17, 15) is 4.39 Å². The zero-order chi connectivity index (χ0) is 12.7. The van der Waals surface area contributed by atoms with Crippen LogP contribution in [0.1, 0.15) is 17.2 Å². The molecule has 0 spiro atoms. The molecule has 2 aromatic rings. The standard InChI is InChI=1S/C14H10Cl2FN/c15-10-5-8-6-14(18-13(8)7-11(10)16)9-3-1-2-4-12(9)17/h1-5,7,14,18H,6H2. The topological polar surface area (TPSA) is 12.0 Å². The van der Waals surface area contributed by atoms with Crippen molar-refractivity contribution in [2.24, 2.45) is 0 Å². The largest absolute Gasteiger partial charge is 0.378 e. The van der Waals surface area contributed by atoms with E-state index in [0.29, 0.717) is 22.0 Å². The Morgan fingerprint density at radius 3 is 2.61 bits per heavy atom. The number of hydrogen-bond acceptors (Lipinski definition) is 1. The van der Waals surface area contributed by atoms with E-state index in [0.717, 1.165) is 11.3 Å². The van der Waals surface area contributed by atoms with E-state index >= 15 is 0 Å². The van der Waals surface area contributed by atoms with Crippen LogP contribution in [0.4, 0.5) is 10.1 Å². The SMILES string of the molecule is Fc1ccccc1C1Cc2cc(Cl)c(Cl)cc2N1. The fraction of sp³-hybridized carbons (Fsp3) is 0.143. The fourth-order valence-electron chi connectivity index (χ4n) is 2.30. The molecule has 0 saturated heterocycles. The Morgan fingerprint density at radius 1 is 1.11 bits per heavy atom. The van der Waals surface area contributed by atoms with E-state index in [1.54, 1.807) is 18.2 Å². The summed E-state index contributed by atoms with van der Waals surface area (Å²) in [5.74, 6) is -0.194. The van der Waals surface area contributed by atoms with Gasteiger partial charge < -0.3 is 5.32 Å². The molecule has 3 rings (SSSR count). The third-order valence-corrected chi connectivity index (χ3v) is 3.90. The van der Waals surface area contributed by atoms with Crippen LogP contribution >= 0.6 is 23.2 Å². The lowest BCUT2D eigenvalue weighted by Gasteiger charge is -2.12. The molecule has 0 aromatic heterocycles. The number of rotatable bonds is 1. The predicted octanol–water partition coefficient (Wildman–Crippen LogP) is 4.84. The fourth-order valence-corrected chi connectivity index (χ4v) is 2.65. The van der Waals surface area contributed by atoms with Crippen molar-refractivity contribution in [3.05, 3.63) is 63.4 Å². The van der Waals surface area contributed by atoms with Gasteiger partial charge in [0.25, 0.3) is 0 Å². The minimum absolute atomic E-state index is 0.0595. The molecular weight excluding hydrogens is 272 g/mol. The van der Waals surface area contributed by atoms with Crippen molar-refractivity contribution >= 4 is 28.9 Å². The van der Waals surface area contributed by atoms with Crippen LogP contribution in [0.3, 0.4) is 0 Å². The molecule has 18 heavy (non-hydrogen) atoms. The lowest BCUT2D eigenvalue weighted by molar-refractivity contribution is 0.595. The summed E-state index contributed by atoms with van der Waals surface area (Å²) < 4.78 is 13.7. The van der Waals surface area contributed by atoms with Crippen LogP contribution in [0.15, 0.2) is 36.4 Å². The average Bonchev–Trinajstić information content (AvgIpc) is 2.73. The van der Waals surface area contributed by atoms with Gasteiger partial charge in [-0.15, -0.1) is 0 Å². The zero-order valence-corrected chi connectivity index (χ0v) is 10.9. The first kappa shape index (κ1) is 11.8. The van der Waals surface area contributed by atoms with Gasteiger partial charge in [0, 0.05) is 11.3 Å². The summed E-state index contributed by atoms with van der Waals surface area (Å²) in [6.45, 7) is 0. The highest BCUT2D eigenvalue weighted by Gasteiger charge is 2.24. The molecular formula is C14H10Cl2FN. The van der Waals surface area contributed by atoms with Crippen molar-refractivity contribution in [2.45, 2.75) is 12.5 Å². The Labute approximate surface area is 115 Å². The Hall–Kier alpha value is -1.25. The summed E-state index contributed by atoms with van der Waals surface area (Å²) in [5, 5.41) is 4.32. The molecule has 2 aromatic carbocycles. The quantitative estimate of drug-likeness (QED) is 0.789. The third kappa shape index (κ3) is 1.96. The molecule has 0 bridgehead atoms. The monoisotopic (exact) mass is 281 g/mol. The van der Waals surface area contributed by atoms with Crippen LogP contribution in [-0.4, -0.2) is 0 Å². The predicted molar refractivity (Wildman–Crippen MR) is 72.9 cm³/mol. The second-order valence-electron chi connectivity index (χ2n) is 4.35. The molecule has 4 heteroatoms. The van der Waals surface area contributed by atoms with Crippen LogP contribution in [0.5, 0.6) is 0 Å². The van der Waals surface area contributed by atoms with E-state index in [2.05, 4.69) is 5.32 Å². The Morgan fingerprint density at radius 2 is 1.83 bits per heavy atom. The molecule has 92 valence electrons. The van der Waals surface area contributed by atoms with Gasteiger partial charge in [0.15, 0.2) is 0 Å². The average molecular weight is 282 g/mol. The van der Waals surface area contributed by atoms with Crippen molar-refractivity contribution < 1.29 is 4.39 Å². The number of anilines is 1. The van der Waals surface area contributed by atoms with Gasteiger partial charge in [0.05, 0.1) is 16.1 Å². The van der Waals surface area contributed by atoms with E-state index in [1.807, 2.05) is 12.1 Å². The third-order valence-electron chi connectivity index (χ3n) is 3.18. The van der Waals surface area contributed by atoms with E-state index < -0.39 is 0 Å². The Balaban J connectivity index is 1.96. The maximum absolute atomic E-state index is 13.7. The van der Waals surface area contributed by atoms with Gasteiger partial charge in [0.2, 0.25) is 0 Å². The molecule has 0 amide bonds. The molecule has 1 atom stereocenters. The van der Waals surface area contributed by atoms with Crippen molar-refractivity contribution in [1.29, 1.82) is 0 Å². The number of benzene rings is 2. The molecule has 0 saturated carbocycles. The van der Waals surface area contributed by atoms with Gasteiger partial charge in [-0.1, -0.05) is 41.4 Å². The zero-order valence-electron chi connectivity index (χ0n) is 9.38. The van der Waals surface area contributed by atoms with E-state index in [4.69, 9.17) is 23.2 Å². The number of fused-ring (bicyclic) bond motifs is 1. The van der Waals surface area contributed by atoms with Gasteiger partial charge in [-0.3, -0.25) is 0 Å². The molecule has 1 aliphatic heterocycles. The highest BCUT2D eigenvalue weighted by atomic mass is 35.5. The Kier molecular flexibility index (Phi) is 2.92. The summed E-state index contributed by atoms with van der Waals surface area (Å²) in [6, 6.07) is 10.4. The summed E-state index contributed by atoms with van der Waals surface area (Å²) in [6.07, 6.45) is 0.715.